The third-order valence-corrected chi connectivity index (χ3v) is 3.08. The lowest BCUT2D eigenvalue weighted by atomic mass is 9.98. The zero-order valence-corrected chi connectivity index (χ0v) is 12.0. The van der Waals surface area contributed by atoms with Gasteiger partial charge in [0.25, 0.3) is 5.91 Å². The molecule has 0 spiro atoms. The van der Waals surface area contributed by atoms with E-state index >= 15 is 0 Å². The topological polar surface area (TPSA) is 68.0 Å². The molecule has 94 valence electrons. The number of anilines is 1. The van der Waals surface area contributed by atoms with Gasteiger partial charge in [0, 0.05) is 16.2 Å². The normalized spacial score (nSPS) is 11.3. The number of halogens is 1. The highest BCUT2D eigenvalue weighted by Crippen LogP contribution is 2.19. The number of nitrogens with two attached hydrogens (primary N) is 1. The maximum atomic E-state index is 12.1. The Bertz CT molecular complexity index is 418. The fourth-order valence-corrected chi connectivity index (χ4v) is 2.09. The molecule has 5 heteroatoms. The van der Waals surface area contributed by atoms with Crippen molar-refractivity contribution in [1.82, 2.24) is 10.3 Å². The van der Waals surface area contributed by atoms with Gasteiger partial charge in [0.05, 0.1) is 5.56 Å². The van der Waals surface area contributed by atoms with Crippen molar-refractivity contribution >= 4 is 27.7 Å². The minimum absolute atomic E-state index is 0.135. The summed E-state index contributed by atoms with van der Waals surface area (Å²) in [6, 6.07) is 1.57. The van der Waals surface area contributed by atoms with Crippen LogP contribution in [0.2, 0.25) is 0 Å². The summed E-state index contributed by atoms with van der Waals surface area (Å²) in [5.41, 5.74) is 5.87. The number of aromatic nitrogens is 1. The molecule has 1 aromatic rings. The van der Waals surface area contributed by atoms with Gasteiger partial charge in [-0.3, -0.25) is 4.79 Å². The molecule has 0 radical (unpaired) electrons. The second-order valence-electron chi connectivity index (χ2n) is 4.68. The highest BCUT2D eigenvalue weighted by molar-refractivity contribution is 9.10. The molecule has 0 saturated heterocycles. The van der Waals surface area contributed by atoms with Gasteiger partial charge < -0.3 is 11.1 Å². The number of nitrogens with one attached hydrogen (secondary N) is 1. The summed E-state index contributed by atoms with van der Waals surface area (Å²) in [6.45, 7) is 6.11. The Labute approximate surface area is 110 Å². The lowest BCUT2D eigenvalue weighted by Gasteiger charge is -2.26. The van der Waals surface area contributed by atoms with Crippen LogP contribution in [0.3, 0.4) is 0 Å². The van der Waals surface area contributed by atoms with Crippen LogP contribution in [0.25, 0.3) is 0 Å². The van der Waals surface area contributed by atoms with Crippen LogP contribution < -0.4 is 11.1 Å². The van der Waals surface area contributed by atoms with Crippen LogP contribution in [-0.4, -0.2) is 16.4 Å². The number of amides is 1. The summed E-state index contributed by atoms with van der Waals surface area (Å²) >= 11 is 3.30. The van der Waals surface area contributed by atoms with Crippen LogP contribution >= 0.6 is 15.9 Å². The second-order valence-corrected chi connectivity index (χ2v) is 5.53. The molecule has 0 aromatic carbocycles. The Hall–Kier alpha value is -1.10. The first kappa shape index (κ1) is 14.0. The molecule has 0 atom stereocenters. The number of pyridine rings is 1. The monoisotopic (exact) mass is 299 g/mol. The van der Waals surface area contributed by atoms with E-state index in [1.807, 2.05) is 13.8 Å². The molecule has 1 heterocycles. The van der Waals surface area contributed by atoms with E-state index in [2.05, 4.69) is 33.2 Å². The van der Waals surface area contributed by atoms with Gasteiger partial charge in [0.1, 0.15) is 5.82 Å². The molecule has 1 amide bonds. The van der Waals surface area contributed by atoms with Crippen LogP contribution in [0.5, 0.6) is 0 Å². The number of nitrogen functional groups attached to an aromatic ring is 1. The van der Waals surface area contributed by atoms with Gasteiger partial charge in [-0.05, 0) is 42.3 Å². The Morgan fingerprint density at radius 1 is 1.59 bits per heavy atom. The van der Waals surface area contributed by atoms with E-state index in [1.54, 1.807) is 6.07 Å². The highest BCUT2D eigenvalue weighted by atomic mass is 79.9. The van der Waals surface area contributed by atoms with E-state index in [0.717, 1.165) is 12.8 Å². The van der Waals surface area contributed by atoms with Crippen molar-refractivity contribution in [3.63, 3.8) is 0 Å². The number of hydrogen-bond acceptors (Lipinski definition) is 3. The van der Waals surface area contributed by atoms with E-state index in [-0.39, 0.29) is 11.4 Å². The number of carbonyl (C=O) groups is 1. The SMILES string of the molecule is CCCC(C)(C)NC(=O)c1cc(N)ncc1Br. The van der Waals surface area contributed by atoms with Crippen LogP contribution in [0, 0.1) is 0 Å². The smallest absolute Gasteiger partial charge is 0.253 e. The summed E-state index contributed by atoms with van der Waals surface area (Å²) in [5.74, 6) is 0.205. The average Bonchev–Trinajstić information content (AvgIpc) is 2.20. The maximum Gasteiger partial charge on any atom is 0.253 e. The number of hydrogen-bond donors (Lipinski definition) is 2. The summed E-state index contributed by atoms with van der Waals surface area (Å²) in [7, 11) is 0. The van der Waals surface area contributed by atoms with E-state index in [0.29, 0.717) is 15.9 Å². The van der Waals surface area contributed by atoms with Crippen LogP contribution in [-0.2, 0) is 0 Å². The minimum atomic E-state index is -0.219. The average molecular weight is 300 g/mol. The van der Waals surface area contributed by atoms with Crippen molar-refractivity contribution < 1.29 is 4.79 Å². The molecule has 0 aliphatic heterocycles. The molecule has 0 unspecified atom stereocenters. The van der Waals surface area contributed by atoms with Crippen molar-refractivity contribution in [2.45, 2.75) is 39.2 Å². The summed E-state index contributed by atoms with van der Waals surface area (Å²) < 4.78 is 0.650. The molecule has 1 rings (SSSR count). The first-order valence-electron chi connectivity index (χ1n) is 5.59. The van der Waals surface area contributed by atoms with Gasteiger partial charge in [-0.15, -0.1) is 0 Å². The van der Waals surface area contributed by atoms with Crippen LogP contribution in [0.15, 0.2) is 16.7 Å². The quantitative estimate of drug-likeness (QED) is 0.898. The van der Waals surface area contributed by atoms with Crippen molar-refractivity contribution in [3.05, 3.63) is 22.3 Å². The molecule has 3 N–H and O–H groups in total. The molecular weight excluding hydrogens is 282 g/mol. The minimum Gasteiger partial charge on any atom is -0.384 e. The molecule has 0 saturated carbocycles. The van der Waals surface area contributed by atoms with Crippen molar-refractivity contribution in [2.75, 3.05) is 5.73 Å². The molecular formula is C12H18BrN3O. The van der Waals surface area contributed by atoms with E-state index < -0.39 is 0 Å². The predicted octanol–water partition coefficient (Wildman–Crippen LogP) is 2.73. The van der Waals surface area contributed by atoms with Crippen molar-refractivity contribution in [3.8, 4) is 0 Å². The van der Waals surface area contributed by atoms with E-state index in [9.17, 15) is 4.79 Å². The van der Waals surface area contributed by atoms with Crippen LogP contribution in [0.4, 0.5) is 5.82 Å². The number of carbonyl (C=O) groups excluding carboxylic acids is 1. The third kappa shape index (κ3) is 4.00. The summed E-state index contributed by atoms with van der Waals surface area (Å²) in [5, 5.41) is 2.99. The number of nitrogens with zero attached hydrogens (tertiary/aromatic N) is 1. The lowest BCUT2D eigenvalue weighted by molar-refractivity contribution is 0.0908. The summed E-state index contributed by atoms with van der Waals surface area (Å²) in [6.07, 6.45) is 3.49. The predicted molar refractivity (Wildman–Crippen MR) is 72.8 cm³/mol. The largest absolute Gasteiger partial charge is 0.384 e. The Morgan fingerprint density at radius 2 is 2.24 bits per heavy atom. The van der Waals surface area contributed by atoms with Gasteiger partial charge in [-0.25, -0.2) is 4.98 Å². The van der Waals surface area contributed by atoms with Gasteiger partial charge in [-0.1, -0.05) is 13.3 Å². The lowest BCUT2D eigenvalue weighted by Crippen LogP contribution is -2.43. The van der Waals surface area contributed by atoms with Crippen molar-refractivity contribution in [1.29, 1.82) is 0 Å². The maximum absolute atomic E-state index is 12.1. The van der Waals surface area contributed by atoms with Gasteiger partial charge in [-0.2, -0.15) is 0 Å². The fourth-order valence-electron chi connectivity index (χ4n) is 1.69. The Morgan fingerprint density at radius 3 is 2.82 bits per heavy atom. The molecule has 0 aliphatic carbocycles. The van der Waals surface area contributed by atoms with Gasteiger partial charge in [0.2, 0.25) is 0 Å². The highest BCUT2D eigenvalue weighted by Gasteiger charge is 2.21. The molecule has 0 bridgehead atoms. The second kappa shape index (κ2) is 5.49. The molecule has 17 heavy (non-hydrogen) atoms. The molecule has 1 aromatic heterocycles. The van der Waals surface area contributed by atoms with E-state index in [4.69, 9.17) is 5.73 Å². The fraction of sp³-hybridized carbons (Fsp3) is 0.500. The first-order chi connectivity index (χ1) is 7.85. The van der Waals surface area contributed by atoms with Gasteiger partial charge in [0.15, 0.2) is 0 Å². The Kier molecular flexibility index (Phi) is 4.51. The number of rotatable bonds is 4. The van der Waals surface area contributed by atoms with Crippen LogP contribution in [0.1, 0.15) is 44.0 Å². The molecule has 0 fully saturated rings. The standard InChI is InChI=1S/C12H18BrN3O/c1-4-5-12(2,3)16-11(17)8-6-10(14)15-7-9(8)13/h6-7H,4-5H2,1-3H3,(H2,14,15)(H,16,17). The van der Waals surface area contributed by atoms with E-state index in [1.165, 1.54) is 6.20 Å². The molecule has 4 nitrogen and oxygen atoms in total. The third-order valence-electron chi connectivity index (χ3n) is 2.45. The van der Waals surface area contributed by atoms with Gasteiger partial charge >= 0.3 is 0 Å². The zero-order valence-electron chi connectivity index (χ0n) is 10.4. The summed E-state index contributed by atoms with van der Waals surface area (Å²) in [4.78, 5) is 16.0. The first-order valence-corrected chi connectivity index (χ1v) is 6.38. The van der Waals surface area contributed by atoms with Crippen molar-refractivity contribution in [2.24, 2.45) is 0 Å². The Balaban J connectivity index is 2.86. The zero-order chi connectivity index (χ0) is 13.1. The molecule has 0 aliphatic rings.